The van der Waals surface area contributed by atoms with Crippen LogP contribution in [-0.4, -0.2) is 24.9 Å². The van der Waals surface area contributed by atoms with Crippen LogP contribution in [0.4, 0.5) is 0 Å². The summed E-state index contributed by atoms with van der Waals surface area (Å²) in [6.07, 6.45) is 3.00. The number of ether oxygens (including phenoxy) is 2. The first-order chi connectivity index (χ1) is 12.5. The Bertz CT molecular complexity index is 825. The Labute approximate surface area is 163 Å². The van der Waals surface area contributed by atoms with Crippen LogP contribution >= 0.6 is 23.4 Å². The molecular formula is C20H22ClNO3S. The van der Waals surface area contributed by atoms with Crippen molar-refractivity contribution in [3.63, 3.8) is 0 Å². The molecule has 1 amide bonds. The van der Waals surface area contributed by atoms with Gasteiger partial charge in [0.25, 0.3) is 5.91 Å². The molecule has 0 spiro atoms. The first-order valence-corrected chi connectivity index (χ1v) is 10.2. The third-order valence-corrected chi connectivity index (χ3v) is 5.29. The minimum atomic E-state index is -0.205. The maximum Gasteiger partial charge on any atom is 0.253 e. The molecule has 0 aliphatic carbocycles. The van der Waals surface area contributed by atoms with Crippen LogP contribution in [-0.2, 0) is 13.0 Å². The predicted octanol–water partition coefficient (Wildman–Crippen LogP) is 4.71. The third-order valence-electron chi connectivity index (χ3n) is 4.24. The fourth-order valence-electron chi connectivity index (χ4n) is 2.99. The van der Waals surface area contributed by atoms with Gasteiger partial charge in [0, 0.05) is 29.0 Å². The Kier molecular flexibility index (Phi) is 5.99. The highest BCUT2D eigenvalue weighted by atomic mass is 35.5. The molecular weight excluding hydrogens is 370 g/mol. The fraction of sp³-hybridized carbons (Fsp3) is 0.350. The average molecular weight is 392 g/mol. The molecule has 2 aromatic rings. The molecule has 138 valence electrons. The molecule has 0 saturated heterocycles. The number of hydrogen-bond donors (Lipinski definition) is 1. The number of thioether (sulfide) groups is 1. The lowest BCUT2D eigenvalue weighted by Crippen LogP contribution is -2.23. The van der Waals surface area contributed by atoms with E-state index < -0.39 is 0 Å². The predicted molar refractivity (Wildman–Crippen MR) is 106 cm³/mol. The van der Waals surface area contributed by atoms with Gasteiger partial charge < -0.3 is 14.8 Å². The van der Waals surface area contributed by atoms with E-state index in [0.29, 0.717) is 23.7 Å². The molecule has 0 unspecified atom stereocenters. The van der Waals surface area contributed by atoms with E-state index in [2.05, 4.69) is 5.32 Å². The van der Waals surface area contributed by atoms with Gasteiger partial charge in [0.05, 0.1) is 17.2 Å². The van der Waals surface area contributed by atoms with E-state index in [1.807, 2.05) is 38.3 Å². The maximum atomic E-state index is 12.6. The number of carbonyl (C=O) groups is 1. The standard InChI is InChI=1S/C20H22ClNO3S/c1-4-24-18-8-13-7-12(2)25-19(13)9-14(18)11-22-20(23)16-10-15(26-3)5-6-17(16)21/h5-6,8-10,12H,4,7,11H2,1-3H3,(H,22,23)/t12-/m0/s1. The van der Waals surface area contributed by atoms with Gasteiger partial charge in [0.15, 0.2) is 0 Å². The molecule has 1 aliphatic rings. The van der Waals surface area contributed by atoms with Gasteiger partial charge in [-0.3, -0.25) is 4.79 Å². The second-order valence-corrected chi connectivity index (χ2v) is 7.45. The summed E-state index contributed by atoms with van der Waals surface area (Å²) in [7, 11) is 0. The van der Waals surface area contributed by atoms with Crippen LogP contribution in [0.1, 0.15) is 35.3 Å². The second-order valence-electron chi connectivity index (χ2n) is 6.16. The van der Waals surface area contributed by atoms with Crippen LogP contribution in [0, 0.1) is 0 Å². The van der Waals surface area contributed by atoms with E-state index in [1.165, 1.54) is 0 Å². The van der Waals surface area contributed by atoms with E-state index in [9.17, 15) is 4.79 Å². The molecule has 1 aliphatic heterocycles. The zero-order chi connectivity index (χ0) is 18.7. The SMILES string of the molecule is CCOc1cc2c(cc1CNC(=O)c1cc(SC)ccc1Cl)O[C@@H](C)C2. The number of rotatable bonds is 6. The van der Waals surface area contributed by atoms with Gasteiger partial charge >= 0.3 is 0 Å². The molecule has 4 nitrogen and oxygen atoms in total. The number of nitrogens with one attached hydrogen (secondary N) is 1. The summed E-state index contributed by atoms with van der Waals surface area (Å²) >= 11 is 7.76. The van der Waals surface area contributed by atoms with E-state index in [4.69, 9.17) is 21.1 Å². The fourth-order valence-corrected chi connectivity index (χ4v) is 3.63. The normalized spacial score (nSPS) is 15.3. The van der Waals surface area contributed by atoms with Crippen molar-refractivity contribution < 1.29 is 14.3 Å². The summed E-state index contributed by atoms with van der Waals surface area (Å²) in [6, 6.07) is 9.43. The highest BCUT2D eigenvalue weighted by Gasteiger charge is 2.22. The lowest BCUT2D eigenvalue weighted by Gasteiger charge is -2.14. The number of halogens is 1. The summed E-state index contributed by atoms with van der Waals surface area (Å²) in [5.74, 6) is 1.45. The minimum absolute atomic E-state index is 0.164. The zero-order valence-electron chi connectivity index (χ0n) is 15.1. The molecule has 26 heavy (non-hydrogen) atoms. The summed E-state index contributed by atoms with van der Waals surface area (Å²) in [5.41, 5.74) is 2.51. The third kappa shape index (κ3) is 4.10. The molecule has 1 heterocycles. The molecule has 0 fully saturated rings. The highest BCUT2D eigenvalue weighted by molar-refractivity contribution is 7.98. The molecule has 3 rings (SSSR count). The molecule has 6 heteroatoms. The first-order valence-electron chi connectivity index (χ1n) is 8.58. The van der Waals surface area contributed by atoms with Crippen molar-refractivity contribution in [3.8, 4) is 11.5 Å². The van der Waals surface area contributed by atoms with Crippen LogP contribution in [0.3, 0.4) is 0 Å². The number of carbonyl (C=O) groups excluding carboxylic acids is 1. The van der Waals surface area contributed by atoms with Crippen LogP contribution in [0.2, 0.25) is 5.02 Å². The molecule has 1 N–H and O–H groups in total. The molecule has 0 aromatic heterocycles. The lowest BCUT2D eigenvalue weighted by atomic mass is 10.1. The summed E-state index contributed by atoms with van der Waals surface area (Å²) in [5, 5.41) is 3.38. The van der Waals surface area contributed by atoms with Gasteiger partial charge in [0.2, 0.25) is 0 Å². The van der Waals surface area contributed by atoms with Crippen LogP contribution in [0.25, 0.3) is 0 Å². The lowest BCUT2D eigenvalue weighted by molar-refractivity contribution is 0.0950. The zero-order valence-corrected chi connectivity index (χ0v) is 16.7. The number of hydrogen-bond acceptors (Lipinski definition) is 4. The summed E-state index contributed by atoms with van der Waals surface area (Å²) < 4.78 is 11.6. The quantitative estimate of drug-likeness (QED) is 0.724. The number of amides is 1. The van der Waals surface area contributed by atoms with Crippen LogP contribution in [0.15, 0.2) is 35.2 Å². The Morgan fingerprint density at radius 2 is 2.19 bits per heavy atom. The van der Waals surface area contributed by atoms with Crippen molar-refractivity contribution in [2.45, 2.75) is 37.8 Å². The second kappa shape index (κ2) is 8.23. The van der Waals surface area contributed by atoms with Gasteiger partial charge in [-0.1, -0.05) is 11.6 Å². The summed E-state index contributed by atoms with van der Waals surface area (Å²) in [6.45, 7) is 4.90. The van der Waals surface area contributed by atoms with Crippen molar-refractivity contribution in [1.82, 2.24) is 5.32 Å². The monoisotopic (exact) mass is 391 g/mol. The van der Waals surface area contributed by atoms with Gasteiger partial charge in [-0.25, -0.2) is 0 Å². The van der Waals surface area contributed by atoms with Gasteiger partial charge in [0.1, 0.15) is 17.6 Å². The Morgan fingerprint density at radius 3 is 2.92 bits per heavy atom. The van der Waals surface area contributed by atoms with Gasteiger partial charge in [-0.2, -0.15) is 0 Å². The molecule has 0 radical (unpaired) electrons. The molecule has 0 bridgehead atoms. The van der Waals surface area contributed by atoms with Crippen molar-refractivity contribution in [2.75, 3.05) is 12.9 Å². The Hall–Kier alpha value is -1.85. The molecule has 2 aromatic carbocycles. The first kappa shape index (κ1) is 18.9. The summed E-state index contributed by atoms with van der Waals surface area (Å²) in [4.78, 5) is 13.6. The van der Waals surface area contributed by atoms with E-state index in [1.54, 1.807) is 23.9 Å². The van der Waals surface area contributed by atoms with E-state index in [-0.39, 0.29) is 12.0 Å². The van der Waals surface area contributed by atoms with Gasteiger partial charge in [-0.05, 0) is 50.4 Å². The number of fused-ring (bicyclic) bond motifs is 1. The largest absolute Gasteiger partial charge is 0.494 e. The Morgan fingerprint density at radius 1 is 1.38 bits per heavy atom. The molecule has 1 atom stereocenters. The molecule has 0 saturated carbocycles. The Balaban J connectivity index is 1.79. The van der Waals surface area contributed by atoms with Crippen LogP contribution in [0.5, 0.6) is 11.5 Å². The smallest absolute Gasteiger partial charge is 0.253 e. The number of benzene rings is 2. The van der Waals surface area contributed by atoms with Crippen molar-refractivity contribution in [3.05, 3.63) is 52.0 Å². The maximum absolute atomic E-state index is 12.6. The van der Waals surface area contributed by atoms with E-state index in [0.717, 1.165) is 33.9 Å². The van der Waals surface area contributed by atoms with Crippen molar-refractivity contribution >= 4 is 29.3 Å². The topological polar surface area (TPSA) is 47.6 Å². The average Bonchev–Trinajstić information content (AvgIpc) is 2.99. The van der Waals surface area contributed by atoms with E-state index >= 15 is 0 Å². The van der Waals surface area contributed by atoms with Crippen molar-refractivity contribution in [2.24, 2.45) is 0 Å². The minimum Gasteiger partial charge on any atom is -0.494 e. The van der Waals surface area contributed by atoms with Gasteiger partial charge in [-0.15, -0.1) is 11.8 Å². The van der Waals surface area contributed by atoms with Crippen LogP contribution < -0.4 is 14.8 Å². The highest BCUT2D eigenvalue weighted by Crippen LogP contribution is 2.35. The van der Waals surface area contributed by atoms with Crippen molar-refractivity contribution in [1.29, 1.82) is 0 Å².